The van der Waals surface area contributed by atoms with Crippen molar-refractivity contribution in [3.63, 3.8) is 0 Å². The Morgan fingerprint density at radius 1 is 1.30 bits per heavy atom. The average Bonchev–Trinajstić information content (AvgIpc) is 2.38. The molecule has 0 radical (unpaired) electrons. The minimum Gasteiger partial charge on any atom is -0.491 e. The molecule has 0 fully saturated rings. The van der Waals surface area contributed by atoms with E-state index in [0.29, 0.717) is 17.9 Å². The lowest BCUT2D eigenvalue weighted by Crippen LogP contribution is -2.08. The first kappa shape index (κ1) is 14.3. The second-order valence-corrected chi connectivity index (χ2v) is 4.86. The highest BCUT2D eigenvalue weighted by Gasteiger charge is 2.13. The normalized spacial score (nSPS) is 10.8. The van der Waals surface area contributed by atoms with Crippen molar-refractivity contribution in [3.8, 4) is 5.75 Å². The largest absolute Gasteiger partial charge is 0.491 e. The van der Waals surface area contributed by atoms with Crippen LogP contribution >= 0.6 is 0 Å². The third-order valence-electron chi connectivity index (χ3n) is 2.84. The molecule has 0 atom stereocenters. The summed E-state index contributed by atoms with van der Waals surface area (Å²) in [6.45, 7) is 7.90. The Balaban J connectivity index is 2.46. The fourth-order valence-corrected chi connectivity index (χ4v) is 2.01. The quantitative estimate of drug-likeness (QED) is 0.800. The lowest BCUT2D eigenvalue weighted by atomic mass is 10.1. The maximum absolute atomic E-state index is 11.9. The van der Waals surface area contributed by atoms with E-state index >= 15 is 0 Å². The standard InChI is InChI=1S/C16H19NO3/c1-5-19-16(18)14-9-12-8-13(20-10(2)3)6-7-15(12)17-11(14)4/h6-10H,5H2,1-4H3. The summed E-state index contributed by atoms with van der Waals surface area (Å²) < 4.78 is 10.7. The van der Waals surface area contributed by atoms with E-state index in [0.717, 1.165) is 16.7 Å². The van der Waals surface area contributed by atoms with Crippen LogP contribution in [0.3, 0.4) is 0 Å². The fourth-order valence-electron chi connectivity index (χ4n) is 2.01. The van der Waals surface area contributed by atoms with Crippen molar-refractivity contribution in [1.82, 2.24) is 4.98 Å². The van der Waals surface area contributed by atoms with Gasteiger partial charge in [-0.3, -0.25) is 4.98 Å². The van der Waals surface area contributed by atoms with E-state index in [1.165, 1.54) is 0 Å². The third-order valence-corrected chi connectivity index (χ3v) is 2.84. The van der Waals surface area contributed by atoms with Crippen molar-refractivity contribution < 1.29 is 14.3 Å². The van der Waals surface area contributed by atoms with Crippen LogP contribution in [-0.4, -0.2) is 23.7 Å². The predicted octanol–water partition coefficient (Wildman–Crippen LogP) is 3.51. The summed E-state index contributed by atoms with van der Waals surface area (Å²) in [5.41, 5.74) is 2.01. The van der Waals surface area contributed by atoms with Crippen molar-refractivity contribution in [2.45, 2.75) is 33.8 Å². The number of aromatic nitrogens is 1. The molecule has 0 aliphatic rings. The van der Waals surface area contributed by atoms with E-state index in [2.05, 4.69) is 4.98 Å². The van der Waals surface area contributed by atoms with E-state index in [-0.39, 0.29) is 12.1 Å². The van der Waals surface area contributed by atoms with E-state index in [1.807, 2.05) is 45.0 Å². The molecule has 0 aliphatic heterocycles. The summed E-state index contributed by atoms with van der Waals surface area (Å²) in [5, 5.41) is 0.872. The lowest BCUT2D eigenvalue weighted by Gasteiger charge is -2.11. The van der Waals surface area contributed by atoms with Gasteiger partial charge in [0, 0.05) is 5.39 Å². The molecule has 20 heavy (non-hydrogen) atoms. The maximum Gasteiger partial charge on any atom is 0.339 e. The van der Waals surface area contributed by atoms with E-state index in [4.69, 9.17) is 9.47 Å². The molecule has 0 N–H and O–H groups in total. The molecule has 0 aliphatic carbocycles. The first-order valence-corrected chi connectivity index (χ1v) is 6.76. The van der Waals surface area contributed by atoms with E-state index in [1.54, 1.807) is 6.92 Å². The van der Waals surface area contributed by atoms with Crippen LogP contribution in [0, 0.1) is 6.92 Å². The van der Waals surface area contributed by atoms with Gasteiger partial charge in [0.2, 0.25) is 0 Å². The summed E-state index contributed by atoms with van der Waals surface area (Å²) >= 11 is 0. The number of ether oxygens (including phenoxy) is 2. The number of hydrogen-bond donors (Lipinski definition) is 0. The zero-order valence-corrected chi connectivity index (χ0v) is 12.3. The Morgan fingerprint density at radius 3 is 2.70 bits per heavy atom. The van der Waals surface area contributed by atoms with Crippen molar-refractivity contribution in [2.24, 2.45) is 0 Å². The van der Waals surface area contributed by atoms with E-state index < -0.39 is 0 Å². The van der Waals surface area contributed by atoms with Gasteiger partial charge in [0.05, 0.1) is 29.5 Å². The Morgan fingerprint density at radius 2 is 2.05 bits per heavy atom. The molecule has 2 aromatic rings. The maximum atomic E-state index is 11.9. The van der Waals surface area contributed by atoms with Crippen LogP contribution in [0.4, 0.5) is 0 Å². The molecule has 2 rings (SSSR count). The van der Waals surface area contributed by atoms with Crippen LogP contribution in [0.15, 0.2) is 24.3 Å². The molecule has 0 saturated heterocycles. The highest BCUT2D eigenvalue weighted by Crippen LogP contribution is 2.23. The van der Waals surface area contributed by atoms with Gasteiger partial charge >= 0.3 is 5.97 Å². The number of carbonyl (C=O) groups is 1. The van der Waals surface area contributed by atoms with Gasteiger partial charge in [-0.25, -0.2) is 4.79 Å². The van der Waals surface area contributed by atoms with Crippen LogP contribution in [0.1, 0.15) is 36.8 Å². The van der Waals surface area contributed by atoms with Gasteiger partial charge < -0.3 is 9.47 Å². The first-order chi connectivity index (χ1) is 9.51. The van der Waals surface area contributed by atoms with Gasteiger partial charge in [-0.15, -0.1) is 0 Å². The molecule has 4 heteroatoms. The third kappa shape index (κ3) is 3.07. The molecule has 1 aromatic carbocycles. The molecule has 0 spiro atoms. The average molecular weight is 273 g/mol. The molecule has 1 aromatic heterocycles. The number of aryl methyl sites for hydroxylation is 1. The first-order valence-electron chi connectivity index (χ1n) is 6.76. The zero-order chi connectivity index (χ0) is 14.7. The monoisotopic (exact) mass is 273 g/mol. The topological polar surface area (TPSA) is 48.4 Å². The summed E-state index contributed by atoms with van der Waals surface area (Å²) in [6.07, 6.45) is 0.107. The number of benzene rings is 1. The molecular weight excluding hydrogens is 254 g/mol. The number of hydrogen-bond acceptors (Lipinski definition) is 4. The molecule has 0 unspecified atom stereocenters. The van der Waals surface area contributed by atoms with Crippen molar-refractivity contribution in [1.29, 1.82) is 0 Å². The van der Waals surface area contributed by atoms with Crippen LogP contribution in [0.2, 0.25) is 0 Å². The number of pyridine rings is 1. The second-order valence-electron chi connectivity index (χ2n) is 4.86. The van der Waals surface area contributed by atoms with Crippen LogP contribution in [0.25, 0.3) is 10.9 Å². The molecule has 4 nitrogen and oxygen atoms in total. The Bertz CT molecular complexity index is 635. The van der Waals surface area contributed by atoms with Gasteiger partial charge in [0.25, 0.3) is 0 Å². The number of rotatable bonds is 4. The van der Waals surface area contributed by atoms with Crippen LogP contribution in [0.5, 0.6) is 5.75 Å². The molecule has 0 saturated carbocycles. The summed E-state index contributed by atoms with van der Waals surface area (Å²) in [6, 6.07) is 7.49. The number of carbonyl (C=O) groups excluding carboxylic acids is 1. The lowest BCUT2D eigenvalue weighted by molar-refractivity contribution is 0.0525. The smallest absolute Gasteiger partial charge is 0.339 e. The predicted molar refractivity (Wildman–Crippen MR) is 78.2 cm³/mol. The molecule has 0 amide bonds. The number of nitrogens with zero attached hydrogens (tertiary/aromatic N) is 1. The molecule has 0 bridgehead atoms. The van der Waals surface area contributed by atoms with Gasteiger partial charge in [0.1, 0.15) is 5.75 Å². The summed E-state index contributed by atoms with van der Waals surface area (Å²) in [7, 11) is 0. The number of esters is 1. The van der Waals surface area contributed by atoms with Crippen LogP contribution < -0.4 is 4.74 Å². The minimum atomic E-state index is -0.338. The van der Waals surface area contributed by atoms with Gasteiger partial charge in [0.15, 0.2) is 0 Å². The minimum absolute atomic E-state index is 0.107. The SMILES string of the molecule is CCOC(=O)c1cc2cc(OC(C)C)ccc2nc1C. The zero-order valence-electron chi connectivity index (χ0n) is 12.3. The highest BCUT2D eigenvalue weighted by molar-refractivity contribution is 5.95. The van der Waals surface area contributed by atoms with Crippen molar-refractivity contribution in [2.75, 3.05) is 6.61 Å². The Labute approximate surface area is 118 Å². The summed E-state index contributed by atoms with van der Waals surface area (Å²) in [5.74, 6) is 0.433. The van der Waals surface area contributed by atoms with Gasteiger partial charge in [-0.05, 0) is 52.0 Å². The molecule has 106 valence electrons. The molecule has 1 heterocycles. The Kier molecular flexibility index (Phi) is 4.23. The van der Waals surface area contributed by atoms with Crippen molar-refractivity contribution >= 4 is 16.9 Å². The molecular formula is C16H19NO3. The van der Waals surface area contributed by atoms with Crippen LogP contribution in [-0.2, 0) is 4.74 Å². The second kappa shape index (κ2) is 5.90. The fraction of sp³-hybridized carbons (Fsp3) is 0.375. The van der Waals surface area contributed by atoms with Crippen molar-refractivity contribution in [3.05, 3.63) is 35.5 Å². The van der Waals surface area contributed by atoms with Gasteiger partial charge in [-0.1, -0.05) is 0 Å². The highest BCUT2D eigenvalue weighted by atomic mass is 16.5. The summed E-state index contributed by atoms with van der Waals surface area (Å²) in [4.78, 5) is 16.3. The van der Waals surface area contributed by atoms with Gasteiger partial charge in [-0.2, -0.15) is 0 Å². The Hall–Kier alpha value is -2.10. The van der Waals surface area contributed by atoms with E-state index in [9.17, 15) is 4.79 Å². The number of fused-ring (bicyclic) bond motifs is 1.